The number of rotatable bonds is 5. The number of amides is 1. The first-order valence-electron chi connectivity index (χ1n) is 7.47. The van der Waals surface area contributed by atoms with Crippen molar-refractivity contribution in [1.82, 2.24) is 5.43 Å². The van der Waals surface area contributed by atoms with Gasteiger partial charge in [0.05, 0.1) is 5.75 Å². The number of carbonyl (C=O) groups excluding carboxylic acids is 1. The Kier molecular flexibility index (Phi) is 5.59. The summed E-state index contributed by atoms with van der Waals surface area (Å²) in [6.07, 6.45) is 0. The number of thioether (sulfide) groups is 1. The second kappa shape index (κ2) is 7.91. The van der Waals surface area contributed by atoms with Crippen molar-refractivity contribution in [3.05, 3.63) is 47.3 Å². The summed E-state index contributed by atoms with van der Waals surface area (Å²) in [6, 6.07) is 5.01. The summed E-state index contributed by atoms with van der Waals surface area (Å²) in [5.74, 6) is -10.5. The van der Waals surface area contributed by atoms with Crippen LogP contribution < -0.4 is 20.3 Å². The Morgan fingerprint density at radius 3 is 2.19 bits per heavy atom. The zero-order chi connectivity index (χ0) is 19.6. The van der Waals surface area contributed by atoms with Crippen molar-refractivity contribution < 1.29 is 36.2 Å². The summed E-state index contributed by atoms with van der Waals surface area (Å²) >= 11 is 1.07. The van der Waals surface area contributed by atoms with Gasteiger partial charge in [-0.2, -0.15) is 0 Å². The molecule has 3 rings (SSSR count). The maximum absolute atomic E-state index is 13.5. The minimum atomic E-state index is -2.28. The third-order valence-electron chi connectivity index (χ3n) is 3.42. The molecule has 1 aliphatic heterocycles. The fraction of sp³-hybridized carbons (Fsp3) is 0.188. The van der Waals surface area contributed by atoms with Gasteiger partial charge in [0.15, 0.2) is 34.8 Å². The van der Waals surface area contributed by atoms with Crippen LogP contribution in [0.4, 0.5) is 27.6 Å². The van der Waals surface area contributed by atoms with Gasteiger partial charge in [0.25, 0.3) is 0 Å². The second-order valence-electron chi connectivity index (χ2n) is 5.21. The number of anilines is 1. The van der Waals surface area contributed by atoms with Crippen LogP contribution in [0.15, 0.2) is 23.1 Å². The fourth-order valence-corrected chi connectivity index (χ4v) is 2.87. The SMILES string of the molecule is O=C(CSc1ccc2c(c1)OCCO2)NNc1c(F)c(F)c(F)c(F)c1F. The molecule has 5 nitrogen and oxygen atoms in total. The van der Waals surface area contributed by atoms with Gasteiger partial charge in [-0.25, -0.2) is 22.0 Å². The Labute approximate surface area is 153 Å². The summed E-state index contributed by atoms with van der Waals surface area (Å²) in [5.41, 5.74) is 2.26. The number of hydrogen-bond acceptors (Lipinski definition) is 5. The number of nitrogens with one attached hydrogen (secondary N) is 2. The molecule has 1 amide bonds. The molecule has 1 heterocycles. The van der Waals surface area contributed by atoms with E-state index >= 15 is 0 Å². The highest BCUT2D eigenvalue weighted by Gasteiger charge is 2.26. The number of halogens is 5. The van der Waals surface area contributed by atoms with E-state index in [2.05, 4.69) is 0 Å². The Hall–Kier alpha value is -2.69. The zero-order valence-corrected chi connectivity index (χ0v) is 14.2. The summed E-state index contributed by atoms with van der Waals surface area (Å²) in [7, 11) is 0. The second-order valence-corrected chi connectivity index (χ2v) is 6.26. The fourth-order valence-electron chi connectivity index (χ4n) is 2.15. The maximum atomic E-state index is 13.5. The molecule has 27 heavy (non-hydrogen) atoms. The zero-order valence-electron chi connectivity index (χ0n) is 13.4. The van der Waals surface area contributed by atoms with Crippen molar-refractivity contribution in [1.29, 1.82) is 0 Å². The molecule has 2 aromatic carbocycles. The molecule has 144 valence electrons. The Morgan fingerprint density at radius 1 is 0.926 bits per heavy atom. The van der Waals surface area contributed by atoms with Gasteiger partial charge in [-0.05, 0) is 18.2 Å². The van der Waals surface area contributed by atoms with Crippen LogP contribution in [-0.4, -0.2) is 24.9 Å². The molecular weight excluding hydrogens is 395 g/mol. The van der Waals surface area contributed by atoms with Crippen LogP contribution in [-0.2, 0) is 4.79 Å². The summed E-state index contributed by atoms with van der Waals surface area (Å²) in [6.45, 7) is 0.832. The largest absolute Gasteiger partial charge is 0.486 e. The quantitative estimate of drug-likeness (QED) is 0.262. The predicted molar refractivity (Wildman–Crippen MR) is 86.2 cm³/mol. The average Bonchev–Trinajstić information content (AvgIpc) is 2.69. The molecule has 0 spiro atoms. The number of fused-ring (bicyclic) bond motifs is 1. The van der Waals surface area contributed by atoms with Crippen LogP contribution in [0, 0.1) is 29.1 Å². The average molecular weight is 406 g/mol. The van der Waals surface area contributed by atoms with Gasteiger partial charge in [0.1, 0.15) is 18.9 Å². The lowest BCUT2D eigenvalue weighted by Gasteiger charge is -2.18. The molecule has 0 bridgehead atoms. The number of hydrazine groups is 1. The van der Waals surface area contributed by atoms with E-state index in [4.69, 9.17) is 9.47 Å². The molecule has 0 aliphatic carbocycles. The van der Waals surface area contributed by atoms with Gasteiger partial charge in [0, 0.05) is 4.90 Å². The van der Waals surface area contributed by atoms with Crippen LogP contribution >= 0.6 is 11.8 Å². The maximum Gasteiger partial charge on any atom is 0.248 e. The Bertz CT molecular complexity index is 868. The number of hydrogen-bond donors (Lipinski definition) is 2. The topological polar surface area (TPSA) is 59.6 Å². The highest BCUT2D eigenvalue weighted by atomic mass is 32.2. The van der Waals surface area contributed by atoms with Crippen LogP contribution in [0.25, 0.3) is 0 Å². The molecule has 0 unspecified atom stereocenters. The first kappa shape index (κ1) is 19.1. The number of benzene rings is 2. The van der Waals surface area contributed by atoms with Crippen molar-refractivity contribution in [2.24, 2.45) is 0 Å². The van der Waals surface area contributed by atoms with Crippen LogP contribution in [0.5, 0.6) is 11.5 Å². The highest BCUT2D eigenvalue weighted by Crippen LogP contribution is 2.34. The molecule has 2 aromatic rings. The van der Waals surface area contributed by atoms with Gasteiger partial charge >= 0.3 is 0 Å². The lowest BCUT2D eigenvalue weighted by Crippen LogP contribution is -2.32. The van der Waals surface area contributed by atoms with Crippen LogP contribution in [0.3, 0.4) is 0 Å². The molecule has 0 fully saturated rings. The van der Waals surface area contributed by atoms with E-state index in [1.807, 2.05) is 5.43 Å². The molecule has 11 heteroatoms. The van der Waals surface area contributed by atoms with Gasteiger partial charge < -0.3 is 9.47 Å². The Balaban J connectivity index is 1.59. The Morgan fingerprint density at radius 2 is 1.52 bits per heavy atom. The lowest BCUT2D eigenvalue weighted by molar-refractivity contribution is -0.118. The minimum Gasteiger partial charge on any atom is -0.486 e. The smallest absolute Gasteiger partial charge is 0.248 e. The highest BCUT2D eigenvalue weighted by molar-refractivity contribution is 8.00. The van der Waals surface area contributed by atoms with Gasteiger partial charge in [-0.1, -0.05) is 0 Å². The third kappa shape index (κ3) is 4.02. The number of ether oxygens (including phenoxy) is 2. The minimum absolute atomic E-state index is 0.192. The van der Waals surface area contributed by atoms with Gasteiger partial charge in [-0.15, -0.1) is 11.8 Å². The third-order valence-corrected chi connectivity index (χ3v) is 4.41. The molecule has 1 aliphatic rings. The van der Waals surface area contributed by atoms with Crippen molar-refractivity contribution >= 4 is 23.4 Å². The van der Waals surface area contributed by atoms with E-state index in [1.165, 1.54) is 0 Å². The molecule has 2 N–H and O–H groups in total. The summed E-state index contributed by atoms with van der Waals surface area (Å²) in [4.78, 5) is 12.4. The predicted octanol–water partition coefficient (Wildman–Crippen LogP) is 3.39. The summed E-state index contributed by atoms with van der Waals surface area (Å²) in [5, 5.41) is 0. The van der Waals surface area contributed by atoms with E-state index < -0.39 is 40.7 Å². The lowest BCUT2D eigenvalue weighted by atomic mass is 10.2. The van der Waals surface area contributed by atoms with Crippen LogP contribution in [0.1, 0.15) is 0 Å². The van der Waals surface area contributed by atoms with E-state index in [1.54, 1.807) is 23.6 Å². The van der Waals surface area contributed by atoms with Crippen molar-refractivity contribution in [3.8, 4) is 11.5 Å². The van der Waals surface area contributed by atoms with Gasteiger partial charge in [0.2, 0.25) is 11.7 Å². The molecule has 0 aromatic heterocycles. The summed E-state index contributed by atoms with van der Waals surface area (Å²) < 4.78 is 76.9. The molecule has 0 atom stereocenters. The van der Waals surface area contributed by atoms with E-state index in [-0.39, 0.29) is 5.75 Å². The van der Waals surface area contributed by atoms with E-state index in [0.29, 0.717) is 29.6 Å². The van der Waals surface area contributed by atoms with E-state index in [0.717, 1.165) is 11.8 Å². The molecule has 0 saturated heterocycles. The first-order chi connectivity index (χ1) is 12.9. The standard InChI is InChI=1S/C16H11F5N2O3S/c17-11-12(18)14(20)16(15(21)13(11)19)23-22-10(24)6-27-7-1-2-8-9(5-7)26-4-3-25-8/h1-2,5,23H,3-4,6H2,(H,22,24). The number of carbonyl (C=O) groups is 1. The monoisotopic (exact) mass is 406 g/mol. The molecule has 0 radical (unpaired) electrons. The van der Waals surface area contributed by atoms with Crippen molar-refractivity contribution in [2.75, 3.05) is 24.4 Å². The molecular formula is C16H11F5N2O3S. The van der Waals surface area contributed by atoms with E-state index in [9.17, 15) is 26.7 Å². The normalized spacial score (nSPS) is 12.6. The van der Waals surface area contributed by atoms with Crippen LogP contribution in [0.2, 0.25) is 0 Å². The van der Waals surface area contributed by atoms with Gasteiger partial charge in [-0.3, -0.25) is 15.6 Å². The van der Waals surface area contributed by atoms with Crippen molar-refractivity contribution in [2.45, 2.75) is 4.90 Å². The first-order valence-corrected chi connectivity index (χ1v) is 8.45. The molecule has 0 saturated carbocycles. The van der Waals surface area contributed by atoms with Crippen molar-refractivity contribution in [3.63, 3.8) is 0 Å².